The average Bonchev–Trinajstić information content (AvgIpc) is 2.74. The number of hydrogen-bond acceptors (Lipinski definition) is 6. The predicted molar refractivity (Wildman–Crippen MR) is 131 cm³/mol. The molecule has 1 heterocycles. The average molecular weight is 466 g/mol. The van der Waals surface area contributed by atoms with E-state index in [1.807, 2.05) is 24.3 Å². The molecule has 180 valence electrons. The van der Waals surface area contributed by atoms with Crippen molar-refractivity contribution in [2.75, 3.05) is 30.8 Å². The van der Waals surface area contributed by atoms with E-state index in [0.717, 1.165) is 30.6 Å². The zero-order valence-corrected chi connectivity index (χ0v) is 20.0. The molecular formula is C26H31N3O5. The zero-order valence-electron chi connectivity index (χ0n) is 20.0. The number of benzene rings is 2. The van der Waals surface area contributed by atoms with E-state index in [-0.39, 0.29) is 11.9 Å². The third-order valence-corrected chi connectivity index (χ3v) is 5.18. The molecule has 0 aliphatic carbocycles. The lowest BCUT2D eigenvalue weighted by Crippen LogP contribution is -2.43. The first-order valence-corrected chi connectivity index (χ1v) is 11.2. The largest absolute Gasteiger partial charge is 0.468 e. The molecule has 2 amide bonds. The number of likely N-dealkylation sites (tertiary alicyclic amines) is 1. The van der Waals surface area contributed by atoms with Crippen LogP contribution in [0.3, 0.4) is 0 Å². The fraction of sp³-hybridized carbons (Fsp3) is 0.346. The predicted octanol–water partition coefficient (Wildman–Crippen LogP) is 4.61. The minimum absolute atomic E-state index is 0.277. The Morgan fingerprint density at radius 3 is 2.12 bits per heavy atom. The standard InChI is InChI=1S/C26H31N3O5/c1-26(2,3)34-25(32)28-21-9-6-5-8-20(21)27-22(30)15-12-18-10-13-19(14-11-18)23(24(31)33-4)29-16-7-17-29/h5-6,8-15,23H,7,16-17H2,1-4H3,(H,27,30)(H,28,32)/b15-12+. The quantitative estimate of drug-likeness (QED) is 0.458. The van der Waals surface area contributed by atoms with Gasteiger partial charge in [-0.15, -0.1) is 0 Å². The number of anilines is 2. The van der Waals surface area contributed by atoms with Crippen LogP contribution in [0.15, 0.2) is 54.6 Å². The Labute approximate surface area is 199 Å². The van der Waals surface area contributed by atoms with E-state index in [1.54, 1.807) is 51.1 Å². The number of carbonyl (C=O) groups excluding carboxylic acids is 3. The molecule has 34 heavy (non-hydrogen) atoms. The first-order valence-electron chi connectivity index (χ1n) is 11.2. The summed E-state index contributed by atoms with van der Waals surface area (Å²) in [6.07, 6.45) is 3.56. The molecule has 2 aromatic rings. The minimum atomic E-state index is -0.632. The maximum absolute atomic E-state index is 12.5. The molecule has 1 fully saturated rings. The monoisotopic (exact) mass is 465 g/mol. The molecule has 0 radical (unpaired) electrons. The van der Waals surface area contributed by atoms with Crippen molar-refractivity contribution in [3.8, 4) is 0 Å². The van der Waals surface area contributed by atoms with Crippen LogP contribution in [0.1, 0.15) is 44.4 Å². The van der Waals surface area contributed by atoms with Crippen molar-refractivity contribution in [3.05, 3.63) is 65.7 Å². The highest BCUT2D eigenvalue weighted by Gasteiger charge is 2.31. The summed E-state index contributed by atoms with van der Waals surface area (Å²) in [6.45, 7) is 7.06. The third kappa shape index (κ3) is 6.92. The van der Waals surface area contributed by atoms with Crippen molar-refractivity contribution in [2.45, 2.75) is 38.8 Å². The second kappa shape index (κ2) is 11.0. The molecule has 1 aliphatic rings. The van der Waals surface area contributed by atoms with Gasteiger partial charge in [0.15, 0.2) is 0 Å². The lowest BCUT2D eigenvalue weighted by atomic mass is 10.00. The van der Waals surface area contributed by atoms with Gasteiger partial charge >= 0.3 is 12.1 Å². The maximum Gasteiger partial charge on any atom is 0.412 e. The van der Waals surface area contributed by atoms with Gasteiger partial charge in [-0.3, -0.25) is 15.0 Å². The topological polar surface area (TPSA) is 97.0 Å². The highest BCUT2D eigenvalue weighted by molar-refractivity contribution is 6.05. The first kappa shape index (κ1) is 25.0. The number of esters is 1. The first-order chi connectivity index (χ1) is 16.2. The molecule has 3 rings (SSSR count). The summed E-state index contributed by atoms with van der Waals surface area (Å²) in [7, 11) is 1.39. The third-order valence-electron chi connectivity index (χ3n) is 5.18. The summed E-state index contributed by atoms with van der Waals surface area (Å²) >= 11 is 0. The van der Waals surface area contributed by atoms with Crippen LogP contribution in [-0.4, -0.2) is 48.7 Å². The fourth-order valence-corrected chi connectivity index (χ4v) is 3.46. The van der Waals surface area contributed by atoms with E-state index in [1.165, 1.54) is 13.2 Å². The highest BCUT2D eigenvalue weighted by atomic mass is 16.6. The number of rotatable bonds is 7. The summed E-state index contributed by atoms with van der Waals surface area (Å²) < 4.78 is 10.2. The molecule has 1 saturated heterocycles. The second-order valence-electron chi connectivity index (χ2n) is 8.98. The zero-order chi connectivity index (χ0) is 24.7. The van der Waals surface area contributed by atoms with Crippen LogP contribution in [0.4, 0.5) is 16.2 Å². The van der Waals surface area contributed by atoms with E-state index in [0.29, 0.717) is 11.4 Å². The van der Waals surface area contributed by atoms with Gasteiger partial charge in [-0.1, -0.05) is 36.4 Å². The summed E-state index contributed by atoms with van der Waals surface area (Å²) in [4.78, 5) is 38.9. The van der Waals surface area contributed by atoms with Crippen molar-refractivity contribution in [2.24, 2.45) is 0 Å². The maximum atomic E-state index is 12.5. The Bertz CT molecular complexity index is 1050. The van der Waals surface area contributed by atoms with Crippen molar-refractivity contribution in [1.29, 1.82) is 0 Å². The van der Waals surface area contributed by atoms with E-state index in [4.69, 9.17) is 9.47 Å². The second-order valence-corrected chi connectivity index (χ2v) is 8.98. The van der Waals surface area contributed by atoms with Crippen molar-refractivity contribution in [1.82, 2.24) is 4.90 Å². The Morgan fingerprint density at radius 1 is 0.971 bits per heavy atom. The number of amides is 2. The number of para-hydroxylation sites is 2. The molecule has 1 aliphatic heterocycles. The molecule has 2 N–H and O–H groups in total. The van der Waals surface area contributed by atoms with Gasteiger partial charge in [0, 0.05) is 19.2 Å². The SMILES string of the molecule is COC(=O)C(c1ccc(/C=C/C(=O)Nc2ccccc2NC(=O)OC(C)(C)C)cc1)N1CCC1. The molecule has 1 atom stereocenters. The Morgan fingerprint density at radius 2 is 1.59 bits per heavy atom. The molecule has 0 aromatic heterocycles. The number of methoxy groups -OCH3 is 1. The van der Waals surface area contributed by atoms with Crippen molar-refractivity contribution in [3.63, 3.8) is 0 Å². The van der Waals surface area contributed by atoms with Gasteiger partial charge in [0.05, 0.1) is 18.5 Å². The molecular weight excluding hydrogens is 434 g/mol. The summed E-state index contributed by atoms with van der Waals surface area (Å²) in [5.74, 6) is -0.628. The lowest BCUT2D eigenvalue weighted by Gasteiger charge is -2.36. The van der Waals surface area contributed by atoms with Crippen molar-refractivity contribution >= 4 is 35.4 Å². The minimum Gasteiger partial charge on any atom is -0.468 e. The number of nitrogens with one attached hydrogen (secondary N) is 2. The molecule has 0 bridgehead atoms. The highest BCUT2D eigenvalue weighted by Crippen LogP contribution is 2.27. The number of carbonyl (C=O) groups is 3. The Kier molecular flexibility index (Phi) is 8.07. The van der Waals surface area contributed by atoms with E-state index in [2.05, 4.69) is 15.5 Å². The molecule has 0 spiro atoms. The summed E-state index contributed by atoms with van der Waals surface area (Å²) in [5.41, 5.74) is 1.92. The summed E-state index contributed by atoms with van der Waals surface area (Å²) in [5, 5.41) is 5.42. The fourth-order valence-electron chi connectivity index (χ4n) is 3.46. The van der Waals surface area contributed by atoms with Gasteiger partial charge in [0.1, 0.15) is 11.6 Å². The Balaban J connectivity index is 1.63. The molecule has 1 unspecified atom stereocenters. The number of nitrogens with zero attached hydrogens (tertiary/aromatic N) is 1. The van der Waals surface area contributed by atoms with Crippen LogP contribution in [0.5, 0.6) is 0 Å². The molecule has 0 saturated carbocycles. The number of ether oxygens (including phenoxy) is 2. The van der Waals surface area contributed by atoms with E-state index >= 15 is 0 Å². The molecule has 8 heteroatoms. The van der Waals surface area contributed by atoms with E-state index < -0.39 is 17.7 Å². The van der Waals surface area contributed by atoms with Crippen LogP contribution in [0.25, 0.3) is 6.08 Å². The van der Waals surface area contributed by atoms with Gasteiger partial charge in [0.25, 0.3) is 0 Å². The smallest absolute Gasteiger partial charge is 0.412 e. The molecule has 8 nitrogen and oxygen atoms in total. The van der Waals surface area contributed by atoms with Gasteiger partial charge in [-0.25, -0.2) is 9.59 Å². The van der Waals surface area contributed by atoms with Crippen LogP contribution < -0.4 is 10.6 Å². The number of hydrogen-bond donors (Lipinski definition) is 2. The van der Waals surface area contributed by atoms with E-state index in [9.17, 15) is 14.4 Å². The Hall–Kier alpha value is -3.65. The van der Waals surface area contributed by atoms with Crippen molar-refractivity contribution < 1.29 is 23.9 Å². The lowest BCUT2D eigenvalue weighted by molar-refractivity contribution is -0.149. The normalized spacial score (nSPS) is 14.7. The molecule has 2 aromatic carbocycles. The van der Waals surface area contributed by atoms with Gasteiger partial charge in [-0.05, 0) is 56.5 Å². The van der Waals surface area contributed by atoms with Crippen LogP contribution in [0, 0.1) is 0 Å². The summed E-state index contributed by atoms with van der Waals surface area (Å²) in [6, 6.07) is 13.9. The van der Waals surface area contributed by atoms with Gasteiger partial charge in [-0.2, -0.15) is 0 Å². The van der Waals surface area contributed by atoms with Gasteiger partial charge < -0.3 is 14.8 Å². The van der Waals surface area contributed by atoms with Crippen LogP contribution >= 0.6 is 0 Å². The van der Waals surface area contributed by atoms with Crippen LogP contribution in [0.2, 0.25) is 0 Å². The van der Waals surface area contributed by atoms with Crippen LogP contribution in [-0.2, 0) is 19.1 Å². The van der Waals surface area contributed by atoms with Gasteiger partial charge in [0.2, 0.25) is 5.91 Å².